The number of hydrogen-bond donors (Lipinski definition) is 1. The summed E-state index contributed by atoms with van der Waals surface area (Å²) in [5.41, 5.74) is 2.39. The van der Waals surface area contributed by atoms with Crippen molar-refractivity contribution in [3.05, 3.63) is 24.3 Å². The molecule has 1 atom stereocenters. The van der Waals surface area contributed by atoms with Gasteiger partial charge >= 0.3 is 0 Å². The van der Waals surface area contributed by atoms with Gasteiger partial charge in [-0.15, -0.1) is 6.58 Å². The van der Waals surface area contributed by atoms with E-state index < -0.39 is 0 Å². The molecule has 0 saturated heterocycles. The molecule has 0 aromatic rings. The van der Waals surface area contributed by atoms with Gasteiger partial charge in [0.25, 0.3) is 0 Å². The lowest BCUT2D eigenvalue weighted by Gasteiger charge is -2.21. The quantitative estimate of drug-likeness (QED) is 0.621. The van der Waals surface area contributed by atoms with E-state index >= 15 is 0 Å². The Kier molecular flexibility index (Phi) is 4.91. The Morgan fingerprint density at radius 3 is 2.00 bits per heavy atom. The number of hydrogen-bond acceptors (Lipinski definition) is 1. The minimum absolute atomic E-state index is 0.391. The highest BCUT2D eigenvalue weighted by atomic mass is 14.9. The number of nitrogens with one attached hydrogen (secondary N) is 1. The van der Waals surface area contributed by atoms with Crippen LogP contribution in [-0.2, 0) is 0 Å². The first kappa shape index (κ1) is 11.4. The van der Waals surface area contributed by atoms with Crippen LogP contribution in [0.25, 0.3) is 0 Å². The summed E-state index contributed by atoms with van der Waals surface area (Å²) in [6.45, 7) is 16.3. The molecule has 0 amide bonds. The van der Waals surface area contributed by atoms with Crippen molar-refractivity contribution < 1.29 is 0 Å². The van der Waals surface area contributed by atoms with E-state index in [9.17, 15) is 0 Å². The van der Waals surface area contributed by atoms with E-state index in [0.29, 0.717) is 12.1 Å². The van der Waals surface area contributed by atoms with Crippen molar-refractivity contribution in [2.75, 3.05) is 0 Å². The van der Waals surface area contributed by atoms with E-state index in [0.717, 1.165) is 6.42 Å². The molecule has 12 heavy (non-hydrogen) atoms. The van der Waals surface area contributed by atoms with Crippen molar-refractivity contribution in [3.8, 4) is 0 Å². The van der Waals surface area contributed by atoms with Gasteiger partial charge in [0.05, 0.1) is 0 Å². The summed E-state index contributed by atoms with van der Waals surface area (Å²) in [5.74, 6) is 0. The van der Waals surface area contributed by atoms with Gasteiger partial charge in [-0.25, -0.2) is 0 Å². The first-order valence-corrected chi connectivity index (χ1v) is 4.49. The van der Waals surface area contributed by atoms with Crippen LogP contribution in [0.4, 0.5) is 0 Å². The average Bonchev–Trinajstić information content (AvgIpc) is 1.83. The summed E-state index contributed by atoms with van der Waals surface area (Å²) in [7, 11) is 0. The molecule has 1 N–H and O–H groups in total. The molecule has 70 valence electrons. The van der Waals surface area contributed by atoms with Crippen molar-refractivity contribution in [1.82, 2.24) is 5.32 Å². The molecule has 0 rings (SSSR count). The van der Waals surface area contributed by atoms with Crippen LogP contribution in [0.5, 0.6) is 0 Å². The van der Waals surface area contributed by atoms with Gasteiger partial charge in [0.1, 0.15) is 0 Å². The zero-order chi connectivity index (χ0) is 9.72. The van der Waals surface area contributed by atoms with Crippen LogP contribution in [0.2, 0.25) is 0 Å². The van der Waals surface area contributed by atoms with Crippen LogP contribution in [-0.4, -0.2) is 12.1 Å². The second-order valence-corrected chi connectivity index (χ2v) is 3.88. The average molecular weight is 167 g/mol. The van der Waals surface area contributed by atoms with Gasteiger partial charge in [0.15, 0.2) is 0 Å². The maximum absolute atomic E-state index is 3.96. The molecule has 0 fully saturated rings. The van der Waals surface area contributed by atoms with Crippen molar-refractivity contribution in [2.24, 2.45) is 0 Å². The molecular weight excluding hydrogens is 146 g/mol. The first-order chi connectivity index (χ1) is 5.43. The highest BCUT2D eigenvalue weighted by Crippen LogP contribution is 2.09. The lowest BCUT2D eigenvalue weighted by molar-refractivity contribution is 0.504. The molecule has 0 aromatic heterocycles. The molecule has 0 bridgehead atoms. The molecule has 0 saturated carbocycles. The zero-order valence-corrected chi connectivity index (χ0v) is 8.78. The second-order valence-electron chi connectivity index (χ2n) is 3.88. The summed E-state index contributed by atoms with van der Waals surface area (Å²) in [6, 6.07) is 0.897. The van der Waals surface area contributed by atoms with Gasteiger partial charge in [-0.1, -0.05) is 31.6 Å². The molecule has 0 aliphatic rings. The Hall–Kier alpha value is -0.560. The predicted octanol–water partition coefficient (Wildman–Crippen LogP) is 2.90. The van der Waals surface area contributed by atoms with E-state index in [4.69, 9.17) is 0 Å². The van der Waals surface area contributed by atoms with Crippen LogP contribution < -0.4 is 5.32 Å². The van der Waals surface area contributed by atoms with Gasteiger partial charge in [0.2, 0.25) is 0 Å². The van der Waals surface area contributed by atoms with Gasteiger partial charge < -0.3 is 5.32 Å². The van der Waals surface area contributed by atoms with E-state index in [2.05, 4.69) is 46.2 Å². The molecule has 0 aliphatic carbocycles. The zero-order valence-electron chi connectivity index (χ0n) is 8.78. The van der Waals surface area contributed by atoms with Crippen molar-refractivity contribution in [3.63, 3.8) is 0 Å². The molecule has 0 radical (unpaired) electrons. The third-order valence-corrected chi connectivity index (χ3v) is 1.68. The largest absolute Gasteiger partial charge is 0.308 e. The van der Waals surface area contributed by atoms with E-state index in [1.807, 2.05) is 0 Å². The molecule has 1 heteroatoms. The van der Waals surface area contributed by atoms with Crippen LogP contribution in [0, 0.1) is 0 Å². The van der Waals surface area contributed by atoms with Gasteiger partial charge in [-0.3, -0.25) is 0 Å². The molecule has 1 nitrogen and oxygen atoms in total. The highest BCUT2D eigenvalue weighted by Gasteiger charge is 2.09. The fourth-order valence-electron chi connectivity index (χ4n) is 1.13. The van der Waals surface area contributed by atoms with Crippen LogP contribution >= 0.6 is 0 Å². The summed E-state index contributed by atoms with van der Waals surface area (Å²) >= 11 is 0. The third-order valence-electron chi connectivity index (χ3n) is 1.68. The van der Waals surface area contributed by atoms with Crippen molar-refractivity contribution in [1.29, 1.82) is 0 Å². The Bertz CT molecular complexity index is 168. The Morgan fingerprint density at radius 1 is 1.25 bits per heavy atom. The summed E-state index contributed by atoms with van der Waals surface area (Å²) in [5, 5.41) is 3.45. The van der Waals surface area contributed by atoms with Gasteiger partial charge in [-0.2, -0.15) is 0 Å². The molecule has 0 aromatic carbocycles. The number of rotatable bonds is 5. The van der Waals surface area contributed by atoms with Crippen LogP contribution in [0.3, 0.4) is 0 Å². The normalized spacial score (nSPS) is 13.1. The molecule has 0 spiro atoms. The molecular formula is C11H21N. The third kappa shape index (κ3) is 5.14. The monoisotopic (exact) mass is 167 g/mol. The smallest absolute Gasteiger partial charge is 0.0313 e. The molecule has 0 heterocycles. The summed E-state index contributed by atoms with van der Waals surface area (Å²) in [6.07, 6.45) is 0.994. The Balaban J connectivity index is 4.04. The van der Waals surface area contributed by atoms with E-state index in [-0.39, 0.29) is 0 Å². The van der Waals surface area contributed by atoms with E-state index in [1.165, 1.54) is 11.1 Å². The second kappa shape index (κ2) is 5.15. The maximum atomic E-state index is 3.96. The van der Waals surface area contributed by atoms with Crippen LogP contribution in [0.1, 0.15) is 34.1 Å². The van der Waals surface area contributed by atoms with Crippen molar-refractivity contribution >= 4 is 0 Å². The minimum Gasteiger partial charge on any atom is -0.308 e. The van der Waals surface area contributed by atoms with Gasteiger partial charge in [0, 0.05) is 12.1 Å². The van der Waals surface area contributed by atoms with Gasteiger partial charge in [-0.05, 0) is 20.3 Å². The lowest BCUT2D eigenvalue weighted by Crippen LogP contribution is -2.35. The summed E-state index contributed by atoms with van der Waals surface area (Å²) in [4.78, 5) is 0. The summed E-state index contributed by atoms with van der Waals surface area (Å²) < 4.78 is 0. The van der Waals surface area contributed by atoms with E-state index in [1.54, 1.807) is 0 Å². The maximum Gasteiger partial charge on any atom is 0.0313 e. The molecule has 0 aliphatic heterocycles. The first-order valence-electron chi connectivity index (χ1n) is 4.49. The fraction of sp³-hybridized carbons (Fsp3) is 0.636. The van der Waals surface area contributed by atoms with Crippen LogP contribution in [0.15, 0.2) is 24.3 Å². The Morgan fingerprint density at radius 2 is 1.75 bits per heavy atom. The highest BCUT2D eigenvalue weighted by molar-refractivity contribution is 5.08. The SMILES string of the molecule is C=C(C)CC(NC(C)C)C(=C)C. The lowest BCUT2D eigenvalue weighted by atomic mass is 10.0. The standard InChI is InChI=1S/C11H21N/c1-8(2)7-11(9(3)4)12-10(5)6/h10-12H,1,3,7H2,2,4-6H3. The fourth-order valence-corrected chi connectivity index (χ4v) is 1.13. The molecule has 1 unspecified atom stereocenters. The van der Waals surface area contributed by atoms with Crippen molar-refractivity contribution in [2.45, 2.75) is 46.2 Å². The topological polar surface area (TPSA) is 12.0 Å². The minimum atomic E-state index is 0.391. The predicted molar refractivity (Wildman–Crippen MR) is 56.3 cm³/mol. The Labute approximate surface area is 76.6 Å².